The second-order valence-corrected chi connectivity index (χ2v) is 11.2. The van der Waals surface area contributed by atoms with Crippen LogP contribution >= 0.6 is 11.6 Å². The van der Waals surface area contributed by atoms with E-state index in [0.29, 0.717) is 13.1 Å². The van der Waals surface area contributed by atoms with Crippen molar-refractivity contribution in [1.29, 1.82) is 0 Å². The molecule has 0 aromatic heterocycles. The summed E-state index contributed by atoms with van der Waals surface area (Å²) in [5.41, 5.74) is -0.102. The van der Waals surface area contributed by atoms with Gasteiger partial charge >= 0.3 is 5.97 Å². The summed E-state index contributed by atoms with van der Waals surface area (Å²) >= 11 is 5.94. The summed E-state index contributed by atoms with van der Waals surface area (Å²) in [5.74, 6) is -1.00. The van der Waals surface area contributed by atoms with Crippen LogP contribution in [0.25, 0.3) is 0 Å². The van der Waals surface area contributed by atoms with Gasteiger partial charge in [0.25, 0.3) is 10.0 Å². The van der Waals surface area contributed by atoms with E-state index < -0.39 is 26.0 Å². The molecule has 0 radical (unpaired) electrons. The summed E-state index contributed by atoms with van der Waals surface area (Å²) in [6.45, 7) is 2.92. The van der Waals surface area contributed by atoms with Gasteiger partial charge in [-0.2, -0.15) is 4.31 Å². The van der Waals surface area contributed by atoms with E-state index in [1.807, 2.05) is 6.92 Å². The Morgan fingerprint density at radius 2 is 1.80 bits per heavy atom. The normalized spacial score (nSPS) is 18.1. The van der Waals surface area contributed by atoms with E-state index in [4.69, 9.17) is 16.7 Å². The fraction of sp³-hybridized carbons (Fsp3) is 0.316. The fourth-order valence-corrected chi connectivity index (χ4v) is 6.44. The Morgan fingerprint density at radius 3 is 2.40 bits per heavy atom. The van der Waals surface area contributed by atoms with E-state index in [9.17, 15) is 21.6 Å². The van der Waals surface area contributed by atoms with Crippen LogP contribution in [0.3, 0.4) is 0 Å². The van der Waals surface area contributed by atoms with E-state index >= 15 is 0 Å². The lowest BCUT2D eigenvalue weighted by Crippen LogP contribution is -2.39. The number of halogens is 1. The molecule has 30 heavy (non-hydrogen) atoms. The lowest BCUT2D eigenvalue weighted by Gasteiger charge is -2.30. The van der Waals surface area contributed by atoms with E-state index in [1.54, 1.807) is 0 Å². The van der Waals surface area contributed by atoms with Gasteiger partial charge in [0, 0.05) is 18.8 Å². The Hall–Kier alpha value is -2.14. The van der Waals surface area contributed by atoms with Gasteiger partial charge in [-0.15, -0.1) is 0 Å². The van der Waals surface area contributed by atoms with Crippen LogP contribution in [0.15, 0.2) is 52.3 Å². The third kappa shape index (κ3) is 4.77. The Morgan fingerprint density at radius 1 is 1.13 bits per heavy atom. The number of anilines is 1. The molecule has 1 heterocycles. The van der Waals surface area contributed by atoms with Gasteiger partial charge < -0.3 is 5.11 Å². The summed E-state index contributed by atoms with van der Waals surface area (Å²) in [7, 11) is -7.84. The van der Waals surface area contributed by atoms with Crippen molar-refractivity contribution < 1.29 is 26.7 Å². The Labute approximate surface area is 180 Å². The third-order valence-electron chi connectivity index (χ3n) is 4.83. The van der Waals surface area contributed by atoms with Crippen LogP contribution < -0.4 is 4.72 Å². The van der Waals surface area contributed by atoms with Crippen molar-refractivity contribution >= 4 is 43.3 Å². The minimum atomic E-state index is -4.18. The van der Waals surface area contributed by atoms with Crippen molar-refractivity contribution in [3.8, 4) is 0 Å². The summed E-state index contributed by atoms with van der Waals surface area (Å²) < 4.78 is 54.7. The first-order valence-corrected chi connectivity index (χ1v) is 12.5. The highest BCUT2D eigenvalue weighted by Crippen LogP contribution is 2.27. The first-order chi connectivity index (χ1) is 14.0. The highest BCUT2D eigenvalue weighted by Gasteiger charge is 2.28. The van der Waals surface area contributed by atoms with Crippen LogP contribution in [0.2, 0.25) is 5.02 Å². The van der Waals surface area contributed by atoms with Gasteiger partial charge in [-0.1, -0.05) is 18.5 Å². The average molecular weight is 473 g/mol. The van der Waals surface area contributed by atoms with E-state index in [1.165, 1.54) is 40.7 Å². The number of nitrogens with zero attached hydrogens (tertiary/aromatic N) is 1. The number of carbonyl (C=O) groups is 1. The smallest absolute Gasteiger partial charge is 0.335 e. The van der Waals surface area contributed by atoms with Gasteiger partial charge in [-0.3, -0.25) is 4.72 Å². The minimum absolute atomic E-state index is 0.0745. The zero-order chi connectivity index (χ0) is 22.1. The monoisotopic (exact) mass is 472 g/mol. The first kappa shape index (κ1) is 22.5. The molecule has 1 aliphatic rings. The Bertz CT molecular complexity index is 1160. The Kier molecular flexibility index (Phi) is 6.42. The molecule has 1 saturated heterocycles. The molecule has 1 fully saturated rings. The number of hydrogen-bond acceptors (Lipinski definition) is 5. The number of sulfonamides is 2. The fourth-order valence-electron chi connectivity index (χ4n) is 3.26. The van der Waals surface area contributed by atoms with Crippen molar-refractivity contribution in [1.82, 2.24) is 4.31 Å². The summed E-state index contributed by atoms with van der Waals surface area (Å²) in [5, 5.41) is 8.93. The summed E-state index contributed by atoms with van der Waals surface area (Å²) in [6, 6.07) is 8.70. The zero-order valence-electron chi connectivity index (χ0n) is 16.1. The number of hydrogen-bond donors (Lipinski definition) is 2. The predicted molar refractivity (Wildman–Crippen MR) is 113 cm³/mol. The van der Waals surface area contributed by atoms with Gasteiger partial charge in [0.15, 0.2) is 0 Å². The first-order valence-electron chi connectivity index (χ1n) is 9.16. The number of aromatic carboxylic acids is 1. The van der Waals surface area contributed by atoms with Gasteiger partial charge in [0.2, 0.25) is 10.0 Å². The molecule has 0 saturated carbocycles. The molecule has 2 N–H and O–H groups in total. The number of piperidine rings is 1. The molecule has 2 aromatic rings. The zero-order valence-corrected chi connectivity index (χ0v) is 18.5. The lowest BCUT2D eigenvalue weighted by molar-refractivity contribution is 0.0696. The largest absolute Gasteiger partial charge is 0.478 e. The van der Waals surface area contributed by atoms with Crippen LogP contribution in [-0.4, -0.2) is 45.3 Å². The minimum Gasteiger partial charge on any atom is -0.478 e. The predicted octanol–water partition coefficient (Wildman–Crippen LogP) is 3.26. The molecule has 11 heteroatoms. The molecule has 3 rings (SSSR count). The van der Waals surface area contributed by atoms with Crippen molar-refractivity contribution in [3.63, 3.8) is 0 Å². The third-order valence-corrected chi connectivity index (χ3v) is 8.57. The van der Waals surface area contributed by atoms with Crippen LogP contribution in [0, 0.1) is 5.92 Å². The number of nitrogens with one attached hydrogen (secondary N) is 1. The molecule has 162 valence electrons. The molecule has 1 aliphatic heterocycles. The highest BCUT2D eigenvalue weighted by atomic mass is 35.5. The van der Waals surface area contributed by atoms with Crippen molar-refractivity contribution in [2.24, 2.45) is 5.92 Å². The van der Waals surface area contributed by atoms with Crippen LogP contribution in [-0.2, 0) is 20.0 Å². The van der Waals surface area contributed by atoms with Crippen LogP contribution in [0.5, 0.6) is 0 Å². The SMILES string of the molecule is C[C@H]1CCCN(S(=O)(=O)c2ccc(NS(=O)(=O)c3cc(C(=O)O)ccc3Cl)cc2)C1. The maximum Gasteiger partial charge on any atom is 0.335 e. The van der Waals surface area contributed by atoms with E-state index in [0.717, 1.165) is 18.9 Å². The number of carboxylic acid groups (broad SMARTS) is 1. The quantitative estimate of drug-likeness (QED) is 0.665. The molecule has 8 nitrogen and oxygen atoms in total. The van der Waals surface area contributed by atoms with Gasteiger partial charge in [-0.25, -0.2) is 21.6 Å². The van der Waals surface area contributed by atoms with Crippen molar-refractivity contribution in [2.45, 2.75) is 29.6 Å². The number of rotatable bonds is 6. The second kappa shape index (κ2) is 8.54. The number of carboxylic acids is 1. The number of benzene rings is 2. The molecule has 1 atom stereocenters. The van der Waals surface area contributed by atoms with Gasteiger partial charge in [0.05, 0.1) is 15.5 Å². The maximum atomic E-state index is 12.8. The molecule has 2 aromatic carbocycles. The molecule has 0 unspecified atom stereocenters. The van der Waals surface area contributed by atoms with Crippen molar-refractivity contribution in [3.05, 3.63) is 53.1 Å². The standard InChI is InChI=1S/C19H21ClN2O6S2/c1-13-3-2-10-22(12-13)30(27,28)16-7-5-15(6-8-16)21-29(25,26)18-11-14(19(23)24)4-9-17(18)20/h4-9,11,13,21H,2-3,10,12H2,1H3,(H,23,24)/t13-/m0/s1. The molecule has 0 bridgehead atoms. The van der Waals surface area contributed by atoms with E-state index in [-0.39, 0.29) is 32.0 Å². The van der Waals surface area contributed by atoms with Crippen LogP contribution in [0.1, 0.15) is 30.1 Å². The molecular weight excluding hydrogens is 452 g/mol. The lowest BCUT2D eigenvalue weighted by atomic mass is 10.0. The van der Waals surface area contributed by atoms with E-state index in [2.05, 4.69) is 4.72 Å². The average Bonchev–Trinajstić information content (AvgIpc) is 2.68. The van der Waals surface area contributed by atoms with Gasteiger partial charge in [-0.05, 0) is 61.2 Å². The molecule has 0 amide bonds. The molecular formula is C19H21ClN2O6S2. The highest BCUT2D eigenvalue weighted by molar-refractivity contribution is 7.92. The maximum absolute atomic E-state index is 12.8. The topological polar surface area (TPSA) is 121 Å². The summed E-state index contributed by atoms with van der Waals surface area (Å²) in [6.07, 6.45) is 1.78. The molecule has 0 spiro atoms. The summed E-state index contributed by atoms with van der Waals surface area (Å²) in [4.78, 5) is 10.8. The molecule has 0 aliphatic carbocycles. The Balaban J connectivity index is 1.83. The van der Waals surface area contributed by atoms with Crippen molar-refractivity contribution in [2.75, 3.05) is 17.8 Å². The van der Waals surface area contributed by atoms with Crippen LogP contribution in [0.4, 0.5) is 5.69 Å². The van der Waals surface area contributed by atoms with Gasteiger partial charge in [0.1, 0.15) is 4.90 Å². The second-order valence-electron chi connectivity index (χ2n) is 7.19.